The van der Waals surface area contributed by atoms with Gasteiger partial charge in [-0.2, -0.15) is 0 Å². The molecule has 34 heavy (non-hydrogen) atoms. The molecule has 0 saturated carbocycles. The summed E-state index contributed by atoms with van der Waals surface area (Å²) in [6.07, 6.45) is -0.110. The molecule has 11 heteroatoms. The van der Waals surface area contributed by atoms with E-state index in [1.165, 1.54) is 27.5 Å². The van der Waals surface area contributed by atoms with E-state index in [2.05, 4.69) is 4.98 Å². The Morgan fingerprint density at radius 2 is 2.03 bits per heavy atom. The minimum atomic E-state index is -0.797. The van der Waals surface area contributed by atoms with Gasteiger partial charge < -0.3 is 20.3 Å². The van der Waals surface area contributed by atoms with E-state index in [4.69, 9.17) is 10.5 Å². The number of aromatic amines is 1. The lowest BCUT2D eigenvalue weighted by atomic mass is 10.1. The number of H-pyrrole nitrogens is 1. The quantitative estimate of drug-likeness (QED) is 0.591. The maximum absolute atomic E-state index is 14.0. The summed E-state index contributed by atoms with van der Waals surface area (Å²) in [5, 5.41) is 0. The van der Waals surface area contributed by atoms with Crippen LogP contribution in [-0.2, 0) is 20.9 Å². The first kappa shape index (κ1) is 25.2. The molecule has 0 bridgehead atoms. The maximum Gasteiger partial charge on any atom is 0.330 e. The second-order valence-corrected chi connectivity index (χ2v) is 8.82. The van der Waals surface area contributed by atoms with Crippen molar-refractivity contribution in [2.75, 3.05) is 42.3 Å². The number of halogens is 1. The Morgan fingerprint density at radius 3 is 2.65 bits per heavy atom. The van der Waals surface area contributed by atoms with E-state index in [-0.39, 0.29) is 56.0 Å². The van der Waals surface area contributed by atoms with Crippen LogP contribution in [0.15, 0.2) is 27.8 Å². The number of amides is 2. The number of methoxy groups -OCH3 is 1. The van der Waals surface area contributed by atoms with Crippen molar-refractivity contribution in [3.8, 4) is 0 Å². The molecular formula is C23H30FN5O5. The summed E-state index contributed by atoms with van der Waals surface area (Å²) >= 11 is 0. The highest BCUT2D eigenvalue weighted by molar-refractivity contribution is 6.05. The number of hydrogen-bond donors (Lipinski definition) is 2. The Labute approximate surface area is 196 Å². The highest BCUT2D eigenvalue weighted by Gasteiger charge is 2.39. The van der Waals surface area contributed by atoms with Gasteiger partial charge in [-0.25, -0.2) is 9.18 Å². The Hall–Kier alpha value is -3.47. The third-order valence-corrected chi connectivity index (χ3v) is 5.76. The van der Waals surface area contributed by atoms with Gasteiger partial charge in [-0.1, -0.05) is 19.9 Å². The van der Waals surface area contributed by atoms with Crippen LogP contribution in [-0.4, -0.2) is 48.2 Å². The van der Waals surface area contributed by atoms with Crippen molar-refractivity contribution in [1.29, 1.82) is 0 Å². The number of rotatable bonds is 8. The Morgan fingerprint density at radius 1 is 1.32 bits per heavy atom. The van der Waals surface area contributed by atoms with Crippen molar-refractivity contribution < 1.29 is 18.7 Å². The molecule has 1 unspecified atom stereocenters. The van der Waals surface area contributed by atoms with E-state index in [1.54, 1.807) is 19.1 Å². The molecule has 1 aromatic heterocycles. The normalized spacial score (nSPS) is 15.9. The zero-order chi connectivity index (χ0) is 25.2. The van der Waals surface area contributed by atoms with E-state index in [1.807, 2.05) is 13.8 Å². The van der Waals surface area contributed by atoms with E-state index in [9.17, 15) is 23.6 Å². The molecular weight excluding hydrogens is 445 g/mol. The minimum Gasteiger partial charge on any atom is -0.383 e. The average Bonchev–Trinajstić information content (AvgIpc) is 3.16. The minimum absolute atomic E-state index is 0.00759. The van der Waals surface area contributed by atoms with Gasteiger partial charge in [0.1, 0.15) is 11.6 Å². The van der Waals surface area contributed by atoms with Crippen LogP contribution in [0.25, 0.3) is 0 Å². The summed E-state index contributed by atoms with van der Waals surface area (Å²) in [6.45, 7) is 5.75. The van der Waals surface area contributed by atoms with Gasteiger partial charge >= 0.3 is 5.69 Å². The van der Waals surface area contributed by atoms with Gasteiger partial charge in [-0.3, -0.25) is 23.9 Å². The SMILES string of the molecule is COCCN(C(=O)C1CC(=O)N(c2ccc(C)c(F)c2)C1)c1c(N)n(CC(C)C)c(=O)[nH]c1=O. The number of carbonyl (C=O) groups is 2. The summed E-state index contributed by atoms with van der Waals surface area (Å²) in [4.78, 5) is 56.0. The second-order valence-electron chi connectivity index (χ2n) is 8.82. The number of nitrogens with zero attached hydrogens (tertiary/aromatic N) is 3. The van der Waals surface area contributed by atoms with Crippen LogP contribution in [0.2, 0.25) is 0 Å². The van der Waals surface area contributed by atoms with Gasteiger partial charge in [-0.15, -0.1) is 0 Å². The van der Waals surface area contributed by atoms with Crippen molar-refractivity contribution in [2.45, 2.75) is 33.7 Å². The summed E-state index contributed by atoms with van der Waals surface area (Å²) < 4.78 is 20.4. The smallest absolute Gasteiger partial charge is 0.330 e. The van der Waals surface area contributed by atoms with E-state index in [0.29, 0.717) is 11.3 Å². The summed E-state index contributed by atoms with van der Waals surface area (Å²) in [7, 11) is 1.45. The lowest BCUT2D eigenvalue weighted by molar-refractivity contribution is -0.124. The standard InChI is InChI=1S/C23H30FN5O5/c1-13(2)11-29-20(25)19(21(31)26-23(29)33)27(7-8-34-4)22(32)15-9-18(30)28(12-15)16-6-5-14(3)17(24)10-16/h5-6,10,13,15H,7-9,11-12,25H2,1-4H3,(H,26,31,33). The zero-order valence-electron chi connectivity index (χ0n) is 19.8. The van der Waals surface area contributed by atoms with E-state index >= 15 is 0 Å². The molecule has 1 saturated heterocycles. The van der Waals surface area contributed by atoms with Crippen molar-refractivity contribution in [3.63, 3.8) is 0 Å². The number of aryl methyl sites for hydroxylation is 1. The summed E-state index contributed by atoms with van der Waals surface area (Å²) in [6, 6.07) is 4.44. The number of hydrogen-bond acceptors (Lipinski definition) is 6. The molecule has 1 aliphatic rings. The lowest BCUT2D eigenvalue weighted by Gasteiger charge is -2.27. The second kappa shape index (κ2) is 10.2. The van der Waals surface area contributed by atoms with Crippen molar-refractivity contribution in [2.24, 2.45) is 11.8 Å². The average molecular weight is 476 g/mol. The van der Waals surface area contributed by atoms with Crippen molar-refractivity contribution in [3.05, 3.63) is 50.4 Å². The highest BCUT2D eigenvalue weighted by Crippen LogP contribution is 2.29. The van der Waals surface area contributed by atoms with Crippen LogP contribution in [0.3, 0.4) is 0 Å². The molecule has 1 aromatic carbocycles. The van der Waals surface area contributed by atoms with Crippen LogP contribution in [0.4, 0.5) is 21.6 Å². The van der Waals surface area contributed by atoms with Gasteiger partial charge in [0.15, 0.2) is 5.69 Å². The predicted molar refractivity (Wildman–Crippen MR) is 126 cm³/mol. The fourth-order valence-corrected chi connectivity index (χ4v) is 3.99. The van der Waals surface area contributed by atoms with E-state index in [0.717, 1.165) is 0 Å². The molecule has 2 aromatic rings. The van der Waals surface area contributed by atoms with Crippen LogP contribution >= 0.6 is 0 Å². The Balaban J connectivity index is 1.97. The molecule has 1 fully saturated rings. The van der Waals surface area contributed by atoms with Crippen LogP contribution < -0.4 is 26.8 Å². The molecule has 2 amide bonds. The number of nitrogens with one attached hydrogen (secondary N) is 1. The molecule has 3 N–H and O–H groups in total. The fraction of sp³-hybridized carbons (Fsp3) is 0.478. The van der Waals surface area contributed by atoms with Gasteiger partial charge in [0.2, 0.25) is 11.8 Å². The molecule has 1 atom stereocenters. The predicted octanol–water partition coefficient (Wildman–Crippen LogP) is 1.25. The van der Waals surface area contributed by atoms with Gasteiger partial charge in [-0.05, 0) is 30.5 Å². The maximum atomic E-state index is 14.0. The first-order valence-corrected chi connectivity index (χ1v) is 11.0. The van der Waals surface area contributed by atoms with Crippen LogP contribution in [0.5, 0.6) is 0 Å². The van der Waals surface area contributed by atoms with Crippen LogP contribution in [0.1, 0.15) is 25.8 Å². The first-order valence-electron chi connectivity index (χ1n) is 11.0. The third-order valence-electron chi connectivity index (χ3n) is 5.76. The molecule has 1 aliphatic heterocycles. The molecule has 0 radical (unpaired) electrons. The molecule has 2 heterocycles. The summed E-state index contributed by atoms with van der Waals surface area (Å²) in [5.41, 5.74) is 5.39. The topological polar surface area (TPSA) is 131 Å². The number of nitrogen functional groups attached to an aromatic ring is 1. The molecule has 10 nitrogen and oxygen atoms in total. The third kappa shape index (κ3) is 5.04. The fourth-order valence-electron chi connectivity index (χ4n) is 3.99. The van der Waals surface area contributed by atoms with E-state index < -0.39 is 28.9 Å². The van der Waals surface area contributed by atoms with Gasteiger partial charge in [0.25, 0.3) is 5.56 Å². The van der Waals surface area contributed by atoms with Gasteiger partial charge in [0.05, 0.1) is 12.5 Å². The largest absolute Gasteiger partial charge is 0.383 e. The number of ether oxygens (including phenoxy) is 1. The number of aromatic nitrogens is 2. The number of benzene rings is 1. The van der Waals surface area contributed by atoms with Crippen LogP contribution in [0, 0.1) is 24.6 Å². The molecule has 0 aliphatic carbocycles. The molecule has 0 spiro atoms. The number of anilines is 3. The summed E-state index contributed by atoms with van der Waals surface area (Å²) in [5.74, 6) is -2.16. The van der Waals surface area contributed by atoms with Gasteiger partial charge in [0, 0.05) is 38.9 Å². The Kier molecular flexibility index (Phi) is 7.55. The first-order chi connectivity index (χ1) is 16.0. The highest BCUT2D eigenvalue weighted by atomic mass is 19.1. The molecule has 184 valence electrons. The van der Waals surface area contributed by atoms with Crippen molar-refractivity contribution in [1.82, 2.24) is 9.55 Å². The Bertz CT molecular complexity index is 1210. The number of nitrogens with two attached hydrogens (primary N) is 1. The lowest BCUT2D eigenvalue weighted by Crippen LogP contribution is -2.45. The zero-order valence-corrected chi connectivity index (χ0v) is 19.8. The number of carbonyl (C=O) groups excluding carboxylic acids is 2. The van der Waals surface area contributed by atoms with Crippen molar-refractivity contribution >= 4 is 29.0 Å². The molecule has 3 rings (SSSR count). The monoisotopic (exact) mass is 475 g/mol.